The minimum absolute atomic E-state index is 0.152. The molecule has 0 unspecified atom stereocenters. The van der Waals surface area contributed by atoms with Crippen LogP contribution in [0.2, 0.25) is 5.02 Å². The number of halogens is 1. The molecule has 37 heavy (non-hydrogen) atoms. The van der Waals surface area contributed by atoms with Crippen LogP contribution in [0, 0.1) is 6.92 Å². The number of nitrogens with one attached hydrogen (secondary N) is 1. The fourth-order valence-corrected chi connectivity index (χ4v) is 5.25. The van der Waals surface area contributed by atoms with Crippen LogP contribution >= 0.6 is 11.6 Å². The number of nitrogens with zero attached hydrogens (tertiary/aromatic N) is 4. The summed E-state index contributed by atoms with van der Waals surface area (Å²) in [6.45, 7) is 2.84. The first kappa shape index (κ1) is 23.1. The van der Waals surface area contributed by atoms with Crippen LogP contribution in [0.4, 0.5) is 4.79 Å². The average Bonchev–Trinajstić information content (AvgIpc) is 3.48. The molecule has 3 aromatic carbocycles. The molecule has 5 aromatic rings. The molecule has 1 atom stereocenters. The second-order valence-corrected chi connectivity index (χ2v) is 9.60. The second-order valence-electron chi connectivity index (χ2n) is 9.17. The van der Waals surface area contributed by atoms with Gasteiger partial charge in [-0.3, -0.25) is 0 Å². The van der Waals surface area contributed by atoms with Crippen molar-refractivity contribution in [3.05, 3.63) is 136 Å². The van der Waals surface area contributed by atoms with E-state index in [1.165, 1.54) is 0 Å². The number of aromatic nitrogens is 3. The number of para-hydroxylation sites is 1. The minimum Gasteiger partial charge on any atom is -0.334 e. The molecule has 184 valence electrons. The van der Waals surface area contributed by atoms with Crippen molar-refractivity contribution in [3.8, 4) is 11.5 Å². The van der Waals surface area contributed by atoms with Gasteiger partial charge in [-0.2, -0.15) is 5.10 Å². The summed E-state index contributed by atoms with van der Waals surface area (Å²) in [5.41, 5.74) is 5.80. The number of aryl methyl sites for hydroxylation is 1. The van der Waals surface area contributed by atoms with Crippen LogP contribution in [-0.2, 0) is 13.1 Å². The van der Waals surface area contributed by atoms with Crippen molar-refractivity contribution in [1.29, 1.82) is 0 Å². The van der Waals surface area contributed by atoms with Crippen molar-refractivity contribution in [1.82, 2.24) is 24.6 Å². The largest absolute Gasteiger partial charge is 0.334 e. The molecule has 0 saturated heterocycles. The van der Waals surface area contributed by atoms with Gasteiger partial charge in [-0.05, 0) is 54.4 Å². The lowest BCUT2D eigenvalue weighted by Crippen LogP contribution is -2.41. The van der Waals surface area contributed by atoms with Gasteiger partial charge in [0.1, 0.15) is 5.82 Å². The van der Waals surface area contributed by atoms with Crippen LogP contribution in [0.3, 0.4) is 0 Å². The maximum absolute atomic E-state index is 13.9. The fourth-order valence-electron chi connectivity index (χ4n) is 5.05. The number of rotatable bonds is 4. The molecule has 2 aromatic heterocycles. The highest BCUT2D eigenvalue weighted by molar-refractivity contribution is 6.30. The predicted molar refractivity (Wildman–Crippen MR) is 145 cm³/mol. The summed E-state index contributed by atoms with van der Waals surface area (Å²) in [6, 6.07) is 31.3. The Kier molecular flexibility index (Phi) is 6.02. The van der Waals surface area contributed by atoms with E-state index in [0.29, 0.717) is 18.1 Å². The van der Waals surface area contributed by atoms with Crippen molar-refractivity contribution < 1.29 is 4.79 Å². The van der Waals surface area contributed by atoms with Gasteiger partial charge in [0.25, 0.3) is 0 Å². The van der Waals surface area contributed by atoms with E-state index in [0.717, 1.165) is 39.6 Å². The van der Waals surface area contributed by atoms with Gasteiger partial charge in [-0.1, -0.05) is 72.3 Å². The Morgan fingerprint density at radius 1 is 0.973 bits per heavy atom. The first-order valence-corrected chi connectivity index (χ1v) is 12.6. The molecule has 0 saturated carbocycles. The maximum Gasteiger partial charge on any atom is 0.318 e. The van der Waals surface area contributed by atoms with E-state index >= 15 is 0 Å². The van der Waals surface area contributed by atoms with E-state index in [1.54, 1.807) is 0 Å². The Morgan fingerprint density at radius 3 is 2.49 bits per heavy atom. The van der Waals surface area contributed by atoms with E-state index in [2.05, 4.69) is 16.0 Å². The number of amides is 2. The van der Waals surface area contributed by atoms with E-state index in [4.69, 9.17) is 16.7 Å². The van der Waals surface area contributed by atoms with Crippen molar-refractivity contribution in [2.75, 3.05) is 0 Å². The quantitative estimate of drug-likeness (QED) is 0.304. The summed E-state index contributed by atoms with van der Waals surface area (Å²) in [4.78, 5) is 15.8. The number of carbonyl (C=O) groups is 1. The molecule has 6 nitrogen and oxygen atoms in total. The monoisotopic (exact) mass is 507 g/mol. The van der Waals surface area contributed by atoms with Gasteiger partial charge < -0.3 is 14.8 Å². The number of urea groups is 1. The Bertz CT molecular complexity index is 1560. The summed E-state index contributed by atoms with van der Waals surface area (Å²) in [5, 5.41) is 8.67. The van der Waals surface area contributed by atoms with Crippen molar-refractivity contribution in [3.63, 3.8) is 0 Å². The van der Waals surface area contributed by atoms with Crippen LogP contribution in [0.25, 0.3) is 11.5 Å². The van der Waals surface area contributed by atoms with Gasteiger partial charge in [0.15, 0.2) is 0 Å². The number of benzene rings is 3. The predicted octanol–water partition coefficient (Wildman–Crippen LogP) is 6.44. The van der Waals surface area contributed by atoms with E-state index in [9.17, 15) is 4.79 Å². The molecule has 1 aliphatic heterocycles. The Balaban J connectivity index is 1.49. The molecule has 0 radical (unpaired) electrons. The SMILES string of the molecule is Cc1nn(-c2ccccc2)c2c1CN(C(=O)NCc1ccccc1)[C@@H](c1cccc(Cl)c1)c1cccn1-2. The highest BCUT2D eigenvalue weighted by Gasteiger charge is 2.36. The minimum atomic E-state index is -0.347. The van der Waals surface area contributed by atoms with Gasteiger partial charge in [0.2, 0.25) is 0 Å². The molecular formula is C30H26ClN5O. The molecular weight excluding hydrogens is 482 g/mol. The summed E-state index contributed by atoms with van der Waals surface area (Å²) < 4.78 is 4.12. The van der Waals surface area contributed by atoms with Gasteiger partial charge in [0, 0.05) is 23.3 Å². The highest BCUT2D eigenvalue weighted by Crippen LogP contribution is 2.39. The molecule has 0 aliphatic carbocycles. The smallest absolute Gasteiger partial charge is 0.318 e. The summed E-state index contributed by atoms with van der Waals surface area (Å²) >= 11 is 6.43. The van der Waals surface area contributed by atoms with Crippen LogP contribution in [-0.4, -0.2) is 25.3 Å². The number of fused-ring (bicyclic) bond motifs is 3. The van der Waals surface area contributed by atoms with Gasteiger partial charge in [-0.25, -0.2) is 9.48 Å². The van der Waals surface area contributed by atoms with Crippen molar-refractivity contribution in [2.45, 2.75) is 26.1 Å². The Morgan fingerprint density at radius 2 is 1.73 bits per heavy atom. The molecule has 0 spiro atoms. The van der Waals surface area contributed by atoms with Crippen LogP contribution in [0.1, 0.15) is 34.1 Å². The summed E-state index contributed by atoms with van der Waals surface area (Å²) in [6.07, 6.45) is 2.04. The Hall–Kier alpha value is -4.29. The lowest BCUT2D eigenvalue weighted by Gasteiger charge is -2.31. The lowest BCUT2D eigenvalue weighted by molar-refractivity contribution is 0.180. The second kappa shape index (κ2) is 9.64. The maximum atomic E-state index is 13.9. The molecule has 7 heteroatoms. The average molecular weight is 508 g/mol. The van der Waals surface area contributed by atoms with Gasteiger partial charge in [-0.15, -0.1) is 0 Å². The highest BCUT2D eigenvalue weighted by atomic mass is 35.5. The third-order valence-electron chi connectivity index (χ3n) is 6.80. The van der Waals surface area contributed by atoms with Crippen molar-refractivity contribution >= 4 is 17.6 Å². The van der Waals surface area contributed by atoms with Gasteiger partial charge >= 0.3 is 6.03 Å². The number of carbonyl (C=O) groups excluding carboxylic acids is 1. The number of hydrogen-bond donors (Lipinski definition) is 1. The standard InChI is InChI=1S/C30H26ClN5O/c1-21-26-20-35(30(37)32-19-22-10-4-2-5-11-22)28(23-12-8-13-24(31)18-23)27-16-9-17-34(27)29(26)36(33-21)25-14-6-3-7-15-25/h2-18,28H,19-20H2,1H3,(H,32,37)/t28-/m0/s1. The molecule has 0 fully saturated rings. The zero-order valence-corrected chi connectivity index (χ0v) is 21.1. The zero-order chi connectivity index (χ0) is 25.4. The molecule has 3 heterocycles. The first-order valence-electron chi connectivity index (χ1n) is 12.3. The molecule has 1 aliphatic rings. The number of hydrogen-bond acceptors (Lipinski definition) is 2. The van der Waals surface area contributed by atoms with E-state index < -0.39 is 0 Å². The van der Waals surface area contributed by atoms with Crippen LogP contribution < -0.4 is 5.32 Å². The fraction of sp³-hybridized carbons (Fsp3) is 0.133. The topological polar surface area (TPSA) is 55.1 Å². The van der Waals surface area contributed by atoms with E-state index in [-0.39, 0.29) is 12.1 Å². The zero-order valence-electron chi connectivity index (χ0n) is 20.4. The molecule has 1 N–H and O–H groups in total. The third-order valence-corrected chi connectivity index (χ3v) is 7.03. The molecule has 0 bridgehead atoms. The normalized spacial score (nSPS) is 14.5. The van der Waals surface area contributed by atoms with Crippen LogP contribution in [0.5, 0.6) is 0 Å². The first-order chi connectivity index (χ1) is 18.1. The summed E-state index contributed by atoms with van der Waals surface area (Å²) in [7, 11) is 0. The summed E-state index contributed by atoms with van der Waals surface area (Å²) in [5.74, 6) is 0.939. The van der Waals surface area contributed by atoms with Crippen LogP contribution in [0.15, 0.2) is 103 Å². The molecule has 6 rings (SSSR count). The Labute approximate surface area is 220 Å². The molecule has 2 amide bonds. The van der Waals surface area contributed by atoms with E-state index in [1.807, 2.05) is 114 Å². The third kappa shape index (κ3) is 4.30. The van der Waals surface area contributed by atoms with Crippen molar-refractivity contribution in [2.24, 2.45) is 0 Å². The lowest BCUT2D eigenvalue weighted by atomic mass is 10.0. The van der Waals surface area contributed by atoms with Gasteiger partial charge in [0.05, 0.1) is 29.7 Å².